The number of halogens is 3. The Hall–Kier alpha value is -4.42. The van der Waals surface area contributed by atoms with E-state index in [2.05, 4.69) is 62.2 Å². The maximum absolute atomic E-state index is 15.0. The lowest BCUT2D eigenvalue weighted by atomic mass is 9.71. The van der Waals surface area contributed by atoms with E-state index >= 15 is 0 Å². The molecule has 5 heterocycles. The number of alkyl halides is 3. The smallest absolute Gasteiger partial charge is 0.406 e. The number of hydrogen-bond donors (Lipinski definition) is 3. The summed E-state index contributed by atoms with van der Waals surface area (Å²) >= 11 is 1.40. The average Bonchev–Trinajstić information content (AvgIpc) is 4.09. The summed E-state index contributed by atoms with van der Waals surface area (Å²) in [7, 11) is 1.54. The molecule has 1 aliphatic carbocycles. The first-order chi connectivity index (χ1) is 39.2. The van der Waals surface area contributed by atoms with Crippen molar-refractivity contribution in [2.24, 2.45) is 34.5 Å². The Morgan fingerprint density at radius 1 is 0.963 bits per heavy atom. The van der Waals surface area contributed by atoms with Gasteiger partial charge in [-0.15, -0.1) is 11.3 Å². The molecule has 3 N–H and O–H groups in total. The average molecular weight is 1170 g/mol. The van der Waals surface area contributed by atoms with Crippen molar-refractivity contribution in [1.82, 2.24) is 35.2 Å². The van der Waals surface area contributed by atoms with E-state index in [0.717, 1.165) is 89.6 Å². The number of methoxy groups -OCH3 is 1. The molecule has 4 aromatic rings. The number of hydrazine groups is 1. The molecule has 0 radical (unpaired) electrons. The monoisotopic (exact) mass is 1170 g/mol. The topological polar surface area (TPSA) is 151 Å². The summed E-state index contributed by atoms with van der Waals surface area (Å²) < 4.78 is 56.1. The van der Waals surface area contributed by atoms with Gasteiger partial charge in [-0.05, 0) is 137 Å². The summed E-state index contributed by atoms with van der Waals surface area (Å²) in [6.07, 6.45) is 10.9. The van der Waals surface area contributed by atoms with Gasteiger partial charge in [0.15, 0.2) is 0 Å². The first-order valence-electron chi connectivity index (χ1n) is 31.1. The SMILES string of the molecule is CC.CC.CCC(C)CC1(CC)CCCN(C(C(=O)NC(Cc2nc(-c3ccc4c(c3)c(CC(C)(C)COC=O)c(-c3cccnc3C(C)OC)n4CC(F)(F)F)cs2)C(=O)N2CCCCN2)C2CCCC2)C1.CC[C@@H](C)CC(C)CO. The zero-order chi connectivity index (χ0) is 60.8. The third-order valence-corrected chi connectivity index (χ3v) is 17.9. The molecule has 2 amide bonds. The van der Waals surface area contributed by atoms with Gasteiger partial charge in [-0.1, -0.05) is 115 Å². The Labute approximate surface area is 494 Å². The molecule has 3 fully saturated rings. The molecule has 462 valence electrons. The maximum Gasteiger partial charge on any atom is 0.406 e. The first-order valence-corrected chi connectivity index (χ1v) is 32.0. The number of carbonyl (C=O) groups is 3. The Kier molecular flexibility index (Phi) is 29.0. The number of hydrogen-bond acceptors (Lipinski definition) is 11. The molecule has 2 aliphatic heterocycles. The quantitative estimate of drug-likeness (QED) is 0.0547. The van der Waals surface area contributed by atoms with Gasteiger partial charge in [-0.3, -0.25) is 29.3 Å². The number of nitrogens with one attached hydrogen (secondary N) is 2. The Morgan fingerprint density at radius 3 is 2.28 bits per heavy atom. The number of ether oxygens (including phenoxy) is 2. The molecular formula is C65H104F3N7O6S. The summed E-state index contributed by atoms with van der Waals surface area (Å²) in [4.78, 5) is 53.0. The number of thiazole rings is 1. The molecule has 3 aliphatic rings. The van der Waals surface area contributed by atoms with Gasteiger partial charge >= 0.3 is 6.18 Å². The van der Waals surface area contributed by atoms with Crippen LogP contribution in [0.3, 0.4) is 0 Å². The van der Waals surface area contributed by atoms with Crippen molar-refractivity contribution in [2.45, 2.75) is 217 Å². The van der Waals surface area contributed by atoms with Crippen LogP contribution in [0.15, 0.2) is 41.9 Å². The molecule has 7 rings (SSSR count). The van der Waals surface area contributed by atoms with Crippen LogP contribution in [0.1, 0.15) is 196 Å². The van der Waals surface area contributed by atoms with Gasteiger partial charge in [0.25, 0.3) is 12.4 Å². The summed E-state index contributed by atoms with van der Waals surface area (Å²) in [6.45, 7) is 29.5. The standard InChI is InChI=1S/C53H74F3N7O5S.C8H18O.2C2H6/c1-8-35(3)28-52(9-2)21-15-24-61(31-52)47(37-16-10-11-17-37)49(65)60-42(50(66)63-25-13-12-23-58-63)27-45-59-43(30-69-45)38-19-20-44-40(26-38)41(29-51(5,6)33-68-34-64)48(62(44)32-53(54,55)56)39-18-14-22-57-46(39)36(4)67-7;1-4-7(2)5-8(3)6-9;2*1-2/h14,18-20,22,26,30,34-37,42,47,58H,8-13,15-17,21,23-25,27-29,31-33H2,1-7H3,(H,60,65);7-9H,4-6H2,1-3H3;2*1-2H3/t;7-,8?;;/m.1../s1. The molecule has 1 saturated carbocycles. The zero-order valence-electron chi connectivity index (χ0n) is 52.5. The van der Waals surface area contributed by atoms with Crippen LogP contribution in [0.2, 0.25) is 0 Å². The van der Waals surface area contributed by atoms with Gasteiger partial charge in [0.2, 0.25) is 5.91 Å². The lowest BCUT2D eigenvalue weighted by Crippen LogP contribution is -2.61. The van der Waals surface area contributed by atoms with E-state index in [1.54, 1.807) is 35.5 Å². The van der Waals surface area contributed by atoms with Crippen LogP contribution in [-0.4, -0.2) is 113 Å². The molecule has 7 atom stereocenters. The Balaban J connectivity index is 0.00000100. The number of rotatable bonds is 25. The minimum atomic E-state index is -4.56. The minimum Gasteiger partial charge on any atom is -0.467 e. The number of carbonyl (C=O) groups excluding carboxylic acids is 3. The maximum atomic E-state index is 15.0. The number of benzene rings is 1. The van der Waals surface area contributed by atoms with Crippen LogP contribution in [0.4, 0.5) is 13.2 Å². The van der Waals surface area contributed by atoms with Gasteiger partial charge in [0.1, 0.15) is 12.6 Å². The molecule has 3 aromatic heterocycles. The molecule has 2 saturated heterocycles. The van der Waals surface area contributed by atoms with Gasteiger partial charge in [0.05, 0.1) is 40.8 Å². The highest BCUT2D eigenvalue weighted by Gasteiger charge is 2.44. The van der Waals surface area contributed by atoms with Gasteiger partial charge in [0, 0.05) is 78.8 Å². The summed E-state index contributed by atoms with van der Waals surface area (Å²) in [5, 5.41) is 16.8. The van der Waals surface area contributed by atoms with Crippen molar-refractivity contribution < 1.29 is 42.1 Å². The molecule has 6 unspecified atom stereocenters. The Bertz CT molecular complexity index is 2530. The highest BCUT2D eigenvalue weighted by Crippen LogP contribution is 2.45. The van der Waals surface area contributed by atoms with Crippen LogP contribution < -0.4 is 10.7 Å². The number of amides is 2. The molecule has 0 spiro atoms. The van der Waals surface area contributed by atoms with Crippen molar-refractivity contribution in [3.8, 4) is 22.5 Å². The number of aromatic nitrogens is 3. The third-order valence-electron chi connectivity index (χ3n) is 17.0. The highest BCUT2D eigenvalue weighted by atomic mass is 32.1. The predicted octanol–water partition coefficient (Wildman–Crippen LogP) is 14.6. The highest BCUT2D eigenvalue weighted by molar-refractivity contribution is 7.10. The summed E-state index contributed by atoms with van der Waals surface area (Å²) in [6, 6.07) is 7.68. The number of aliphatic hydroxyl groups is 1. The largest absolute Gasteiger partial charge is 0.467 e. The molecule has 82 heavy (non-hydrogen) atoms. The second-order valence-electron chi connectivity index (χ2n) is 24.0. The molecule has 17 heteroatoms. The fourth-order valence-electron chi connectivity index (χ4n) is 12.3. The number of fused-ring (bicyclic) bond motifs is 1. The molecule has 1 aromatic carbocycles. The van der Waals surface area contributed by atoms with Crippen LogP contribution in [0.5, 0.6) is 0 Å². The van der Waals surface area contributed by atoms with E-state index in [4.69, 9.17) is 19.6 Å². The van der Waals surface area contributed by atoms with Crippen molar-refractivity contribution in [3.05, 3.63) is 58.2 Å². The van der Waals surface area contributed by atoms with Crippen LogP contribution in [-0.2, 0) is 43.2 Å². The van der Waals surface area contributed by atoms with Crippen LogP contribution >= 0.6 is 11.3 Å². The molecule has 0 bridgehead atoms. The van der Waals surface area contributed by atoms with Crippen LogP contribution in [0.25, 0.3) is 33.4 Å². The lowest BCUT2D eigenvalue weighted by Gasteiger charge is -2.47. The normalized spacial score (nSPS) is 19.3. The fourth-order valence-corrected chi connectivity index (χ4v) is 13.2. The summed E-state index contributed by atoms with van der Waals surface area (Å²) in [5.41, 5.74) is 6.46. The fraction of sp³-hybridized carbons (Fsp3) is 0.708. The van der Waals surface area contributed by atoms with Gasteiger partial charge in [-0.25, -0.2) is 10.4 Å². The van der Waals surface area contributed by atoms with Gasteiger partial charge in [-0.2, -0.15) is 13.2 Å². The van der Waals surface area contributed by atoms with Crippen molar-refractivity contribution in [1.29, 1.82) is 0 Å². The van der Waals surface area contributed by atoms with Crippen LogP contribution in [0, 0.1) is 34.5 Å². The lowest BCUT2D eigenvalue weighted by molar-refractivity contribution is -0.142. The third kappa shape index (κ3) is 19.6. The zero-order valence-corrected chi connectivity index (χ0v) is 53.3. The molecular weight excluding hydrogens is 1060 g/mol. The van der Waals surface area contributed by atoms with E-state index in [9.17, 15) is 27.6 Å². The van der Waals surface area contributed by atoms with Crippen molar-refractivity contribution >= 4 is 40.5 Å². The van der Waals surface area contributed by atoms with E-state index in [-0.39, 0.29) is 48.6 Å². The Morgan fingerprint density at radius 2 is 1.67 bits per heavy atom. The second-order valence-corrected chi connectivity index (χ2v) is 24.9. The van der Waals surface area contributed by atoms with E-state index in [1.807, 2.05) is 59.9 Å². The number of piperidine rings is 1. The first kappa shape index (κ1) is 70.1. The number of nitrogens with zero attached hydrogens (tertiary/aromatic N) is 5. The summed E-state index contributed by atoms with van der Waals surface area (Å²) in [5.74, 6) is 1.81. The minimum absolute atomic E-state index is 0.0476. The van der Waals surface area contributed by atoms with Crippen molar-refractivity contribution in [3.63, 3.8) is 0 Å². The van der Waals surface area contributed by atoms with E-state index in [1.165, 1.54) is 35.9 Å². The number of pyridine rings is 1. The van der Waals surface area contributed by atoms with E-state index < -0.39 is 30.3 Å². The predicted molar refractivity (Wildman–Crippen MR) is 328 cm³/mol. The number of likely N-dealkylation sites (tertiary alicyclic amines) is 1. The van der Waals surface area contributed by atoms with E-state index in [0.29, 0.717) is 87.7 Å². The molecule has 13 nitrogen and oxygen atoms in total. The van der Waals surface area contributed by atoms with Gasteiger partial charge < -0.3 is 24.5 Å². The number of aliphatic hydroxyl groups excluding tert-OH is 1. The second kappa shape index (κ2) is 33.9. The van der Waals surface area contributed by atoms with Crippen molar-refractivity contribution in [2.75, 3.05) is 46.5 Å².